The highest BCUT2D eigenvalue weighted by atomic mass is 35.5. The molecule has 0 saturated heterocycles. The van der Waals surface area contributed by atoms with Gasteiger partial charge in [-0.05, 0) is 37.6 Å². The van der Waals surface area contributed by atoms with Gasteiger partial charge in [0.15, 0.2) is 5.65 Å². The number of H-pyrrole nitrogens is 1. The number of carboxylic acid groups (broad SMARTS) is 1. The number of rotatable bonds is 4. The van der Waals surface area contributed by atoms with E-state index in [0.717, 1.165) is 0 Å². The third-order valence-corrected chi connectivity index (χ3v) is 4.36. The molecule has 0 aliphatic rings. The van der Waals surface area contributed by atoms with Crippen molar-refractivity contribution in [1.29, 1.82) is 0 Å². The van der Waals surface area contributed by atoms with E-state index in [1.807, 2.05) is 0 Å². The van der Waals surface area contributed by atoms with E-state index in [0.29, 0.717) is 27.5 Å². The molecule has 2 heterocycles. The monoisotopic (exact) mass is 365 g/mol. The van der Waals surface area contributed by atoms with Crippen molar-refractivity contribution in [1.82, 2.24) is 15.0 Å². The minimum absolute atomic E-state index is 0.169. The van der Waals surface area contributed by atoms with Gasteiger partial charge in [-0.1, -0.05) is 35.3 Å². The van der Waals surface area contributed by atoms with Crippen molar-refractivity contribution in [3.05, 3.63) is 46.1 Å². The van der Waals surface area contributed by atoms with Crippen molar-refractivity contribution >= 4 is 40.3 Å². The molecular weight excluding hydrogens is 353 g/mol. The molecule has 0 unspecified atom stereocenters. The summed E-state index contributed by atoms with van der Waals surface area (Å²) in [6.45, 7) is 3.28. The number of benzene rings is 1. The Morgan fingerprint density at radius 2 is 1.88 bits per heavy atom. The number of pyridine rings is 1. The normalized spacial score (nSPS) is 11.7. The van der Waals surface area contributed by atoms with E-state index in [1.165, 1.54) is 0 Å². The summed E-state index contributed by atoms with van der Waals surface area (Å²) in [6, 6.07) is 8.63. The van der Waals surface area contributed by atoms with Crippen molar-refractivity contribution in [3.8, 4) is 11.8 Å². The van der Waals surface area contributed by atoms with Crippen LogP contribution in [-0.2, 0) is 10.2 Å². The summed E-state index contributed by atoms with van der Waals surface area (Å²) in [5.74, 6) is -0.385. The first-order chi connectivity index (χ1) is 11.3. The second-order valence-electron chi connectivity index (χ2n) is 5.73. The van der Waals surface area contributed by atoms with Gasteiger partial charge in [-0.2, -0.15) is 4.98 Å². The number of carbonyl (C=O) groups is 1. The van der Waals surface area contributed by atoms with Crippen molar-refractivity contribution in [2.24, 2.45) is 0 Å². The van der Waals surface area contributed by atoms with Gasteiger partial charge >= 0.3 is 12.0 Å². The van der Waals surface area contributed by atoms with Crippen LogP contribution in [0.3, 0.4) is 0 Å². The molecule has 8 heteroatoms. The first-order valence-electron chi connectivity index (χ1n) is 7.01. The van der Waals surface area contributed by atoms with Gasteiger partial charge in [0, 0.05) is 0 Å². The Labute approximate surface area is 147 Å². The molecule has 0 spiro atoms. The average Bonchev–Trinajstić information content (AvgIpc) is 2.89. The number of hydrogen-bond acceptors (Lipinski definition) is 4. The Bertz CT molecular complexity index is 881. The Morgan fingerprint density at radius 1 is 1.21 bits per heavy atom. The maximum Gasteiger partial charge on any atom is 0.313 e. The number of fused-ring (bicyclic) bond motifs is 1. The highest BCUT2D eigenvalue weighted by Crippen LogP contribution is 2.29. The van der Waals surface area contributed by atoms with Crippen LogP contribution in [0.1, 0.15) is 19.4 Å². The molecule has 6 nitrogen and oxygen atoms in total. The second kappa shape index (κ2) is 5.96. The fourth-order valence-electron chi connectivity index (χ4n) is 2.10. The number of carboxylic acids is 1. The zero-order chi connectivity index (χ0) is 17.5. The van der Waals surface area contributed by atoms with Crippen LogP contribution in [-0.4, -0.2) is 26.0 Å². The molecular formula is C16H13Cl2N3O3. The van der Waals surface area contributed by atoms with Crippen LogP contribution in [0, 0.1) is 0 Å². The van der Waals surface area contributed by atoms with Gasteiger partial charge in [-0.3, -0.25) is 4.79 Å². The summed E-state index contributed by atoms with van der Waals surface area (Å²) < 4.78 is 5.63. The zero-order valence-corrected chi connectivity index (χ0v) is 14.3. The van der Waals surface area contributed by atoms with Crippen LogP contribution in [0.15, 0.2) is 30.3 Å². The van der Waals surface area contributed by atoms with E-state index < -0.39 is 11.4 Å². The molecule has 0 saturated carbocycles. The van der Waals surface area contributed by atoms with E-state index >= 15 is 0 Å². The largest absolute Gasteiger partial charge is 0.481 e. The molecule has 24 heavy (non-hydrogen) atoms. The summed E-state index contributed by atoms with van der Waals surface area (Å²) in [5.41, 5.74) is 0.688. The quantitative estimate of drug-likeness (QED) is 0.668. The first-order valence-corrected chi connectivity index (χ1v) is 7.76. The third-order valence-electron chi connectivity index (χ3n) is 3.69. The molecule has 0 aliphatic heterocycles. The molecule has 0 aliphatic carbocycles. The lowest BCUT2D eigenvalue weighted by Crippen LogP contribution is -2.28. The highest BCUT2D eigenvalue weighted by Gasteiger charge is 2.29. The Morgan fingerprint density at radius 3 is 2.50 bits per heavy atom. The second-order valence-corrected chi connectivity index (χ2v) is 6.50. The number of aromatic nitrogens is 3. The maximum absolute atomic E-state index is 11.3. The Balaban J connectivity index is 1.85. The topological polar surface area (TPSA) is 88.1 Å². The van der Waals surface area contributed by atoms with Gasteiger partial charge in [0.05, 0.1) is 16.0 Å². The SMILES string of the molecule is CC(C)(C(=O)O)c1ccc(Oc2nc3nc(Cl)c(Cl)cc3[nH]2)cc1. The van der Waals surface area contributed by atoms with Gasteiger partial charge in [0.1, 0.15) is 10.9 Å². The summed E-state index contributed by atoms with van der Waals surface area (Å²) in [6.07, 6.45) is 0. The molecule has 0 bridgehead atoms. The molecule has 0 atom stereocenters. The van der Waals surface area contributed by atoms with E-state index in [1.54, 1.807) is 44.2 Å². The lowest BCUT2D eigenvalue weighted by atomic mass is 9.85. The van der Waals surface area contributed by atoms with Gasteiger partial charge in [0.2, 0.25) is 0 Å². The van der Waals surface area contributed by atoms with Crippen molar-refractivity contribution < 1.29 is 14.6 Å². The minimum atomic E-state index is -0.977. The number of nitrogens with one attached hydrogen (secondary N) is 1. The van der Waals surface area contributed by atoms with Crippen molar-refractivity contribution in [3.63, 3.8) is 0 Å². The molecule has 2 aromatic heterocycles. The van der Waals surface area contributed by atoms with Gasteiger partial charge in [-0.15, -0.1) is 0 Å². The summed E-state index contributed by atoms with van der Waals surface area (Å²) in [7, 11) is 0. The number of aromatic amines is 1. The molecule has 3 rings (SSSR count). The molecule has 124 valence electrons. The number of hydrogen-bond donors (Lipinski definition) is 2. The highest BCUT2D eigenvalue weighted by molar-refractivity contribution is 6.41. The van der Waals surface area contributed by atoms with E-state index in [4.69, 9.17) is 27.9 Å². The molecule has 1 aromatic carbocycles. The van der Waals surface area contributed by atoms with Crippen LogP contribution in [0.5, 0.6) is 11.8 Å². The zero-order valence-electron chi connectivity index (χ0n) is 12.8. The maximum atomic E-state index is 11.3. The predicted molar refractivity (Wildman–Crippen MR) is 91.1 cm³/mol. The number of imidazole rings is 1. The molecule has 0 radical (unpaired) electrons. The number of aliphatic carboxylic acids is 1. The lowest BCUT2D eigenvalue weighted by Gasteiger charge is -2.19. The van der Waals surface area contributed by atoms with Crippen LogP contribution in [0.4, 0.5) is 0 Å². The van der Waals surface area contributed by atoms with E-state index in [-0.39, 0.29) is 11.2 Å². The van der Waals surface area contributed by atoms with Crippen molar-refractivity contribution in [2.75, 3.05) is 0 Å². The van der Waals surface area contributed by atoms with Crippen LogP contribution in [0.2, 0.25) is 10.2 Å². The van der Waals surface area contributed by atoms with Crippen molar-refractivity contribution in [2.45, 2.75) is 19.3 Å². The van der Waals surface area contributed by atoms with Crippen LogP contribution < -0.4 is 4.74 Å². The average molecular weight is 366 g/mol. The van der Waals surface area contributed by atoms with Crippen LogP contribution >= 0.6 is 23.2 Å². The number of halogens is 2. The molecule has 0 amide bonds. The number of ether oxygens (including phenoxy) is 1. The Kier molecular flexibility index (Phi) is 4.11. The Hall–Kier alpha value is -2.31. The summed E-state index contributed by atoms with van der Waals surface area (Å²) in [4.78, 5) is 22.5. The smallest absolute Gasteiger partial charge is 0.313 e. The van der Waals surface area contributed by atoms with E-state index in [9.17, 15) is 9.90 Å². The predicted octanol–water partition coefficient (Wildman–Crippen LogP) is 4.42. The summed E-state index contributed by atoms with van der Waals surface area (Å²) >= 11 is 11.8. The number of nitrogens with zero attached hydrogens (tertiary/aromatic N) is 2. The standard InChI is InChI=1S/C16H13Cl2N3O3/c1-16(2,14(22)23)8-3-5-9(6-4-8)24-15-19-11-7-10(17)12(18)20-13(11)21-15/h3-7H,1-2H3,(H,22,23)(H,19,20,21). The van der Waals surface area contributed by atoms with Gasteiger partial charge in [-0.25, -0.2) is 4.98 Å². The summed E-state index contributed by atoms with van der Waals surface area (Å²) in [5, 5.41) is 9.74. The fourth-order valence-corrected chi connectivity index (χ4v) is 2.38. The lowest BCUT2D eigenvalue weighted by molar-refractivity contribution is -0.142. The van der Waals surface area contributed by atoms with Crippen LogP contribution in [0.25, 0.3) is 11.2 Å². The van der Waals surface area contributed by atoms with E-state index in [2.05, 4.69) is 15.0 Å². The first kappa shape index (κ1) is 16.5. The third kappa shape index (κ3) is 3.02. The van der Waals surface area contributed by atoms with Gasteiger partial charge in [0.25, 0.3) is 0 Å². The molecule has 2 N–H and O–H groups in total. The minimum Gasteiger partial charge on any atom is -0.481 e. The molecule has 3 aromatic rings. The van der Waals surface area contributed by atoms with Gasteiger partial charge < -0.3 is 14.8 Å². The molecule has 0 fully saturated rings. The fraction of sp³-hybridized carbons (Fsp3) is 0.188.